The molecule has 0 saturated carbocycles. The number of alkyl halides is 6. The summed E-state index contributed by atoms with van der Waals surface area (Å²) in [5, 5.41) is 2.48. The monoisotopic (exact) mass is 392 g/mol. The summed E-state index contributed by atoms with van der Waals surface area (Å²) in [4.78, 5) is 16.0. The highest BCUT2D eigenvalue weighted by Crippen LogP contribution is 2.29. The molecular formula is C17H14F6N2O2. The molecule has 4 nitrogen and oxygen atoms in total. The van der Waals surface area contributed by atoms with E-state index in [4.69, 9.17) is 0 Å². The average Bonchev–Trinajstić information content (AvgIpc) is 2.59. The maximum atomic E-state index is 12.7. The van der Waals surface area contributed by atoms with Crippen molar-refractivity contribution in [2.75, 3.05) is 6.61 Å². The number of amides is 1. The Morgan fingerprint density at radius 1 is 1.15 bits per heavy atom. The minimum atomic E-state index is -4.57. The summed E-state index contributed by atoms with van der Waals surface area (Å²) in [6, 6.07) is 5.84. The van der Waals surface area contributed by atoms with E-state index in [9.17, 15) is 31.1 Å². The molecule has 0 radical (unpaired) electrons. The lowest BCUT2D eigenvalue weighted by Gasteiger charge is -2.15. The first-order valence-electron chi connectivity index (χ1n) is 7.59. The Kier molecular flexibility index (Phi) is 5.97. The van der Waals surface area contributed by atoms with Crippen LogP contribution in [0.4, 0.5) is 26.3 Å². The number of hydrogen-bond donors (Lipinski definition) is 1. The lowest BCUT2D eigenvalue weighted by atomic mass is 10.1. The van der Waals surface area contributed by atoms with Gasteiger partial charge in [-0.05, 0) is 37.3 Å². The molecule has 1 aromatic carbocycles. The first-order chi connectivity index (χ1) is 12.5. The Labute approximate surface area is 150 Å². The van der Waals surface area contributed by atoms with Crippen molar-refractivity contribution in [3.05, 3.63) is 59.4 Å². The van der Waals surface area contributed by atoms with Gasteiger partial charge in [-0.1, -0.05) is 6.07 Å². The maximum absolute atomic E-state index is 12.7. The number of ether oxygens (including phenoxy) is 1. The SMILES string of the molecule is CC(NC(=O)c1cccc(C(F)(F)F)c1)c1ccc(OCC(F)(F)F)cn1. The average molecular weight is 392 g/mol. The molecule has 146 valence electrons. The lowest BCUT2D eigenvalue weighted by Crippen LogP contribution is -2.27. The predicted octanol–water partition coefficient (Wildman–Crippen LogP) is 4.53. The van der Waals surface area contributed by atoms with Crippen LogP contribution in [0.2, 0.25) is 0 Å². The van der Waals surface area contributed by atoms with E-state index in [0.717, 1.165) is 24.4 Å². The lowest BCUT2D eigenvalue weighted by molar-refractivity contribution is -0.153. The van der Waals surface area contributed by atoms with Crippen LogP contribution in [0.25, 0.3) is 0 Å². The van der Waals surface area contributed by atoms with Crippen LogP contribution in [0.5, 0.6) is 5.75 Å². The third-order valence-electron chi connectivity index (χ3n) is 3.41. The molecule has 1 atom stereocenters. The van der Waals surface area contributed by atoms with Crippen molar-refractivity contribution in [1.29, 1.82) is 0 Å². The van der Waals surface area contributed by atoms with Gasteiger partial charge in [0, 0.05) is 5.56 Å². The van der Waals surface area contributed by atoms with Crippen molar-refractivity contribution in [2.24, 2.45) is 0 Å². The molecule has 1 amide bonds. The second kappa shape index (κ2) is 7.85. The van der Waals surface area contributed by atoms with E-state index in [0.29, 0.717) is 5.69 Å². The number of carbonyl (C=O) groups excluding carboxylic acids is 1. The van der Waals surface area contributed by atoms with Gasteiger partial charge in [-0.2, -0.15) is 26.3 Å². The number of halogens is 6. The zero-order valence-electron chi connectivity index (χ0n) is 13.9. The van der Waals surface area contributed by atoms with Crippen LogP contribution in [0, 0.1) is 0 Å². The molecule has 0 aliphatic heterocycles. The second-order valence-electron chi connectivity index (χ2n) is 5.60. The quantitative estimate of drug-likeness (QED) is 0.761. The molecule has 0 saturated heterocycles. The highest BCUT2D eigenvalue weighted by Gasteiger charge is 2.31. The fourth-order valence-corrected chi connectivity index (χ4v) is 2.09. The third kappa shape index (κ3) is 6.15. The summed E-state index contributed by atoms with van der Waals surface area (Å²) in [6.45, 7) is 0.0694. The van der Waals surface area contributed by atoms with Gasteiger partial charge >= 0.3 is 12.4 Å². The summed E-state index contributed by atoms with van der Waals surface area (Å²) in [5.41, 5.74) is -0.830. The Balaban J connectivity index is 2.02. The van der Waals surface area contributed by atoms with Gasteiger partial charge in [-0.15, -0.1) is 0 Å². The highest BCUT2D eigenvalue weighted by molar-refractivity contribution is 5.94. The molecule has 0 bridgehead atoms. The fraction of sp³-hybridized carbons (Fsp3) is 0.294. The zero-order chi connectivity index (χ0) is 20.2. The Morgan fingerprint density at radius 3 is 2.41 bits per heavy atom. The largest absolute Gasteiger partial charge is 0.483 e. The van der Waals surface area contributed by atoms with Crippen LogP contribution in [-0.2, 0) is 6.18 Å². The summed E-state index contributed by atoms with van der Waals surface area (Å²) in [6.07, 6.45) is -7.99. The summed E-state index contributed by atoms with van der Waals surface area (Å²) in [5.74, 6) is -0.847. The van der Waals surface area contributed by atoms with E-state index in [2.05, 4.69) is 15.0 Å². The minimum absolute atomic E-state index is 0.104. The van der Waals surface area contributed by atoms with Gasteiger partial charge in [0.2, 0.25) is 0 Å². The summed E-state index contributed by atoms with van der Waals surface area (Å²) >= 11 is 0. The van der Waals surface area contributed by atoms with Crippen LogP contribution in [0.15, 0.2) is 42.6 Å². The molecule has 0 aliphatic carbocycles. The summed E-state index contributed by atoms with van der Waals surface area (Å²) < 4.78 is 78.9. The van der Waals surface area contributed by atoms with Gasteiger partial charge in [0.05, 0.1) is 23.5 Å². The first-order valence-corrected chi connectivity index (χ1v) is 7.59. The number of benzene rings is 1. The van der Waals surface area contributed by atoms with Crippen molar-refractivity contribution in [3.8, 4) is 5.75 Å². The van der Waals surface area contributed by atoms with E-state index in [1.165, 1.54) is 25.1 Å². The molecule has 0 fully saturated rings. The zero-order valence-corrected chi connectivity index (χ0v) is 13.9. The maximum Gasteiger partial charge on any atom is 0.422 e. The smallest absolute Gasteiger partial charge is 0.422 e. The Morgan fingerprint density at radius 2 is 1.85 bits per heavy atom. The van der Waals surface area contributed by atoms with Crippen LogP contribution in [0.3, 0.4) is 0 Å². The van der Waals surface area contributed by atoms with E-state index in [1.54, 1.807) is 0 Å². The van der Waals surface area contributed by atoms with Crippen LogP contribution in [0.1, 0.15) is 34.6 Å². The molecule has 27 heavy (non-hydrogen) atoms. The molecule has 0 aliphatic rings. The molecule has 2 aromatic rings. The Hall–Kier alpha value is -2.78. The van der Waals surface area contributed by atoms with Gasteiger partial charge in [0.1, 0.15) is 5.75 Å². The fourth-order valence-electron chi connectivity index (χ4n) is 2.09. The first kappa shape index (κ1) is 20.5. The molecule has 1 unspecified atom stereocenters. The molecule has 1 heterocycles. The van der Waals surface area contributed by atoms with E-state index in [-0.39, 0.29) is 11.3 Å². The minimum Gasteiger partial charge on any atom is -0.483 e. The van der Waals surface area contributed by atoms with Gasteiger partial charge in [-0.3, -0.25) is 9.78 Å². The number of nitrogens with zero attached hydrogens (tertiary/aromatic N) is 1. The van der Waals surface area contributed by atoms with E-state index in [1.807, 2.05) is 0 Å². The number of aromatic nitrogens is 1. The van der Waals surface area contributed by atoms with Crippen LogP contribution < -0.4 is 10.1 Å². The van der Waals surface area contributed by atoms with Gasteiger partial charge < -0.3 is 10.1 Å². The molecule has 1 N–H and O–H groups in total. The van der Waals surface area contributed by atoms with Crippen molar-refractivity contribution in [3.63, 3.8) is 0 Å². The topological polar surface area (TPSA) is 51.2 Å². The van der Waals surface area contributed by atoms with Crippen molar-refractivity contribution in [2.45, 2.75) is 25.3 Å². The second-order valence-corrected chi connectivity index (χ2v) is 5.60. The standard InChI is InChI=1S/C17H14F6N2O2/c1-10(14-6-5-13(8-24-14)27-9-16(18,19)20)25-15(26)11-3-2-4-12(7-11)17(21,22)23/h2-8,10H,9H2,1H3,(H,25,26). The number of rotatable bonds is 5. The van der Waals surface area contributed by atoms with Gasteiger partial charge in [0.15, 0.2) is 6.61 Å². The third-order valence-corrected chi connectivity index (χ3v) is 3.41. The van der Waals surface area contributed by atoms with Crippen LogP contribution >= 0.6 is 0 Å². The number of carbonyl (C=O) groups is 1. The molecule has 1 aromatic heterocycles. The highest BCUT2D eigenvalue weighted by atomic mass is 19.4. The molecular weight excluding hydrogens is 378 g/mol. The van der Waals surface area contributed by atoms with Gasteiger partial charge in [0.25, 0.3) is 5.91 Å². The number of pyridine rings is 1. The van der Waals surface area contributed by atoms with E-state index >= 15 is 0 Å². The molecule has 10 heteroatoms. The van der Waals surface area contributed by atoms with Crippen molar-refractivity contribution >= 4 is 5.91 Å². The van der Waals surface area contributed by atoms with Crippen molar-refractivity contribution in [1.82, 2.24) is 10.3 Å². The predicted molar refractivity (Wildman–Crippen MR) is 83.1 cm³/mol. The molecule has 2 rings (SSSR count). The van der Waals surface area contributed by atoms with E-state index < -0.39 is 36.5 Å². The Bertz CT molecular complexity index is 787. The summed E-state index contributed by atoms with van der Waals surface area (Å²) in [7, 11) is 0. The normalized spacial score (nSPS) is 13.1. The molecule has 0 spiro atoms. The number of nitrogens with one attached hydrogen (secondary N) is 1. The van der Waals surface area contributed by atoms with Gasteiger partial charge in [-0.25, -0.2) is 0 Å². The number of hydrogen-bond acceptors (Lipinski definition) is 3. The van der Waals surface area contributed by atoms with Crippen LogP contribution in [-0.4, -0.2) is 23.7 Å². The van der Waals surface area contributed by atoms with Crippen molar-refractivity contribution < 1.29 is 35.9 Å².